The number of ether oxygens (including phenoxy) is 1. The molecule has 3 rings (SSSR count). The van der Waals surface area contributed by atoms with Gasteiger partial charge in [-0.15, -0.1) is 0 Å². The Bertz CT molecular complexity index is 629. The van der Waals surface area contributed by atoms with Crippen LogP contribution in [0.4, 0.5) is 5.69 Å². The summed E-state index contributed by atoms with van der Waals surface area (Å²) in [5.41, 5.74) is 2.08. The number of nitrogens with one attached hydrogen (secondary N) is 1. The van der Waals surface area contributed by atoms with Gasteiger partial charge in [-0.25, -0.2) is 0 Å². The molecule has 0 aliphatic carbocycles. The molecule has 1 aromatic heterocycles. The van der Waals surface area contributed by atoms with Gasteiger partial charge in [0.15, 0.2) is 0 Å². The first-order valence-corrected chi connectivity index (χ1v) is 8.15. The average molecular weight is 299 g/mol. The van der Waals surface area contributed by atoms with Crippen molar-refractivity contribution in [1.29, 1.82) is 0 Å². The Balaban J connectivity index is 1.70. The number of methoxy groups -OCH3 is 1. The van der Waals surface area contributed by atoms with Gasteiger partial charge in [0.25, 0.3) is 0 Å². The van der Waals surface area contributed by atoms with E-state index in [0.29, 0.717) is 6.04 Å². The normalized spacial score (nSPS) is 19.3. The Labute approximate surface area is 132 Å². The molecular formula is C18H25N3O. The lowest BCUT2D eigenvalue weighted by Crippen LogP contribution is -2.37. The molecule has 1 aliphatic rings. The van der Waals surface area contributed by atoms with Crippen LogP contribution in [-0.4, -0.2) is 43.2 Å². The zero-order valence-electron chi connectivity index (χ0n) is 13.5. The van der Waals surface area contributed by atoms with Crippen LogP contribution in [0.2, 0.25) is 0 Å². The van der Waals surface area contributed by atoms with Gasteiger partial charge in [0.1, 0.15) is 5.75 Å². The van der Waals surface area contributed by atoms with Gasteiger partial charge in [0, 0.05) is 30.2 Å². The molecule has 4 heteroatoms. The number of hydrogen-bond acceptors (Lipinski definition) is 4. The monoisotopic (exact) mass is 299 g/mol. The quantitative estimate of drug-likeness (QED) is 0.916. The molecule has 0 bridgehead atoms. The summed E-state index contributed by atoms with van der Waals surface area (Å²) in [6, 6.07) is 8.81. The summed E-state index contributed by atoms with van der Waals surface area (Å²) < 4.78 is 5.40. The van der Waals surface area contributed by atoms with Crippen LogP contribution in [0.15, 0.2) is 30.5 Å². The second-order valence-corrected chi connectivity index (χ2v) is 6.10. The molecule has 22 heavy (non-hydrogen) atoms. The number of piperidine rings is 1. The first kappa shape index (κ1) is 15.1. The van der Waals surface area contributed by atoms with Crippen molar-refractivity contribution in [3.05, 3.63) is 30.5 Å². The number of benzene rings is 1. The SMILES string of the molecule is COc1cc(NCC[C@H]2CCCCN2C)c2ncccc2c1. The van der Waals surface area contributed by atoms with E-state index in [0.717, 1.165) is 28.9 Å². The molecular weight excluding hydrogens is 274 g/mol. The van der Waals surface area contributed by atoms with E-state index in [9.17, 15) is 0 Å². The van der Waals surface area contributed by atoms with E-state index in [-0.39, 0.29) is 0 Å². The van der Waals surface area contributed by atoms with E-state index in [2.05, 4.69) is 28.3 Å². The molecule has 4 nitrogen and oxygen atoms in total. The maximum absolute atomic E-state index is 5.40. The predicted octanol–water partition coefficient (Wildman–Crippen LogP) is 3.53. The highest BCUT2D eigenvalue weighted by Crippen LogP contribution is 2.28. The van der Waals surface area contributed by atoms with Gasteiger partial charge in [0.05, 0.1) is 18.3 Å². The summed E-state index contributed by atoms with van der Waals surface area (Å²) in [5.74, 6) is 0.873. The first-order chi connectivity index (χ1) is 10.8. The van der Waals surface area contributed by atoms with Crippen LogP contribution in [0.3, 0.4) is 0 Å². The molecule has 0 amide bonds. The van der Waals surface area contributed by atoms with Gasteiger partial charge < -0.3 is 15.0 Å². The van der Waals surface area contributed by atoms with E-state index in [1.165, 1.54) is 32.2 Å². The summed E-state index contributed by atoms with van der Waals surface area (Å²) in [6.07, 6.45) is 7.02. The molecule has 1 aliphatic heterocycles. The lowest BCUT2D eigenvalue weighted by atomic mass is 10.00. The molecule has 1 N–H and O–H groups in total. The molecule has 2 aromatic rings. The molecule has 118 valence electrons. The third-order valence-corrected chi connectivity index (χ3v) is 4.63. The van der Waals surface area contributed by atoms with E-state index in [1.54, 1.807) is 7.11 Å². The van der Waals surface area contributed by atoms with Crippen LogP contribution in [0, 0.1) is 0 Å². The Morgan fingerprint density at radius 3 is 3.09 bits per heavy atom. The fraction of sp³-hybridized carbons (Fsp3) is 0.500. The van der Waals surface area contributed by atoms with Crippen molar-refractivity contribution in [3.8, 4) is 5.75 Å². The molecule has 1 atom stereocenters. The van der Waals surface area contributed by atoms with Crippen molar-refractivity contribution in [2.45, 2.75) is 31.7 Å². The highest BCUT2D eigenvalue weighted by Gasteiger charge is 2.18. The fourth-order valence-corrected chi connectivity index (χ4v) is 3.30. The van der Waals surface area contributed by atoms with Crippen LogP contribution >= 0.6 is 0 Å². The van der Waals surface area contributed by atoms with Crippen LogP contribution < -0.4 is 10.1 Å². The Hall–Kier alpha value is -1.81. The number of hydrogen-bond donors (Lipinski definition) is 1. The van der Waals surface area contributed by atoms with Crippen molar-refractivity contribution in [2.24, 2.45) is 0 Å². The lowest BCUT2D eigenvalue weighted by Gasteiger charge is -2.32. The Kier molecular flexibility index (Phi) is 4.78. The molecule has 0 radical (unpaired) electrons. The third-order valence-electron chi connectivity index (χ3n) is 4.63. The Morgan fingerprint density at radius 1 is 1.36 bits per heavy atom. The fourth-order valence-electron chi connectivity index (χ4n) is 3.30. The van der Waals surface area contributed by atoms with Gasteiger partial charge in [-0.2, -0.15) is 0 Å². The average Bonchev–Trinajstić information content (AvgIpc) is 2.56. The number of nitrogens with zero attached hydrogens (tertiary/aromatic N) is 2. The number of rotatable bonds is 5. The zero-order valence-corrected chi connectivity index (χ0v) is 13.5. The van der Waals surface area contributed by atoms with Crippen molar-refractivity contribution >= 4 is 16.6 Å². The minimum Gasteiger partial charge on any atom is -0.497 e. The van der Waals surface area contributed by atoms with Gasteiger partial charge in [-0.1, -0.05) is 12.5 Å². The molecule has 0 spiro atoms. The summed E-state index contributed by atoms with van der Waals surface area (Å²) in [6.45, 7) is 2.20. The smallest absolute Gasteiger partial charge is 0.121 e. The minimum absolute atomic E-state index is 0.700. The number of anilines is 1. The second-order valence-electron chi connectivity index (χ2n) is 6.10. The minimum atomic E-state index is 0.700. The number of fused-ring (bicyclic) bond motifs is 1. The molecule has 1 saturated heterocycles. The molecule has 1 fully saturated rings. The predicted molar refractivity (Wildman–Crippen MR) is 91.7 cm³/mol. The lowest BCUT2D eigenvalue weighted by molar-refractivity contribution is 0.179. The highest BCUT2D eigenvalue weighted by molar-refractivity contribution is 5.91. The summed E-state index contributed by atoms with van der Waals surface area (Å²) in [4.78, 5) is 7.00. The van der Waals surface area contributed by atoms with Crippen molar-refractivity contribution in [2.75, 3.05) is 32.6 Å². The standard InChI is InChI=1S/C18H25N3O/c1-21-11-4-3-7-15(21)8-10-19-17-13-16(22-2)12-14-6-5-9-20-18(14)17/h5-6,9,12-13,15,19H,3-4,7-8,10-11H2,1-2H3/t15-/m1/s1. The topological polar surface area (TPSA) is 37.4 Å². The third kappa shape index (κ3) is 3.33. The van der Waals surface area contributed by atoms with E-state index in [4.69, 9.17) is 4.74 Å². The van der Waals surface area contributed by atoms with Gasteiger partial charge in [-0.05, 0) is 45.0 Å². The number of likely N-dealkylation sites (tertiary alicyclic amines) is 1. The summed E-state index contributed by atoms with van der Waals surface area (Å²) in [7, 11) is 3.95. The molecule has 1 aromatic carbocycles. The largest absolute Gasteiger partial charge is 0.497 e. The van der Waals surface area contributed by atoms with E-state index in [1.807, 2.05) is 24.4 Å². The van der Waals surface area contributed by atoms with Crippen molar-refractivity contribution < 1.29 is 4.74 Å². The van der Waals surface area contributed by atoms with Crippen LogP contribution in [-0.2, 0) is 0 Å². The maximum Gasteiger partial charge on any atom is 0.121 e. The molecule has 0 unspecified atom stereocenters. The van der Waals surface area contributed by atoms with E-state index < -0.39 is 0 Å². The van der Waals surface area contributed by atoms with Gasteiger partial charge in [-0.3, -0.25) is 4.98 Å². The number of aromatic nitrogens is 1. The summed E-state index contributed by atoms with van der Waals surface area (Å²) >= 11 is 0. The van der Waals surface area contributed by atoms with Crippen LogP contribution in [0.25, 0.3) is 10.9 Å². The number of pyridine rings is 1. The first-order valence-electron chi connectivity index (χ1n) is 8.15. The van der Waals surface area contributed by atoms with Gasteiger partial charge >= 0.3 is 0 Å². The van der Waals surface area contributed by atoms with Crippen molar-refractivity contribution in [1.82, 2.24) is 9.88 Å². The maximum atomic E-state index is 5.40. The van der Waals surface area contributed by atoms with Crippen molar-refractivity contribution in [3.63, 3.8) is 0 Å². The van der Waals surface area contributed by atoms with Gasteiger partial charge in [0.2, 0.25) is 0 Å². The van der Waals surface area contributed by atoms with Crippen LogP contribution in [0.1, 0.15) is 25.7 Å². The second kappa shape index (κ2) is 6.97. The zero-order chi connectivity index (χ0) is 15.4. The molecule has 0 saturated carbocycles. The van der Waals surface area contributed by atoms with Crippen LogP contribution in [0.5, 0.6) is 5.75 Å². The summed E-state index contributed by atoms with van der Waals surface area (Å²) in [5, 5.41) is 4.67. The molecule has 2 heterocycles. The highest BCUT2D eigenvalue weighted by atomic mass is 16.5. The Morgan fingerprint density at radius 2 is 2.27 bits per heavy atom. The van der Waals surface area contributed by atoms with E-state index >= 15 is 0 Å².